The van der Waals surface area contributed by atoms with Gasteiger partial charge in [0, 0.05) is 26.7 Å². The first-order valence-corrected chi connectivity index (χ1v) is 8.10. The molecule has 1 aromatic carbocycles. The van der Waals surface area contributed by atoms with Crippen LogP contribution in [0.5, 0.6) is 11.5 Å². The van der Waals surface area contributed by atoms with Gasteiger partial charge in [-0.25, -0.2) is 0 Å². The fourth-order valence-electron chi connectivity index (χ4n) is 3.13. The molecule has 1 aromatic rings. The van der Waals surface area contributed by atoms with Gasteiger partial charge in [-0.3, -0.25) is 4.99 Å². The fraction of sp³-hybridized carbons (Fsp3) is 0.588. The number of piperidine rings is 1. The molecule has 0 spiro atoms. The molecule has 0 bridgehead atoms. The Labute approximate surface area is 132 Å². The monoisotopic (exact) mass is 303 g/mol. The van der Waals surface area contributed by atoms with Gasteiger partial charge in [-0.05, 0) is 42.9 Å². The molecule has 0 saturated carbocycles. The number of guanidine groups is 1. The Morgan fingerprint density at radius 3 is 3.05 bits per heavy atom. The van der Waals surface area contributed by atoms with Gasteiger partial charge >= 0.3 is 0 Å². The molecule has 0 radical (unpaired) electrons. The van der Waals surface area contributed by atoms with Crippen molar-refractivity contribution in [1.82, 2.24) is 10.2 Å². The molecule has 22 heavy (non-hydrogen) atoms. The maximum atomic E-state index is 5.42. The third kappa shape index (κ3) is 3.46. The molecular weight excluding hydrogens is 278 g/mol. The summed E-state index contributed by atoms with van der Waals surface area (Å²) in [6.45, 7) is 5.72. The van der Waals surface area contributed by atoms with Crippen LogP contribution in [0.1, 0.15) is 25.3 Å². The number of fused-ring (bicyclic) bond motifs is 1. The van der Waals surface area contributed by atoms with Crippen molar-refractivity contribution in [3.63, 3.8) is 0 Å². The van der Waals surface area contributed by atoms with E-state index in [0.717, 1.165) is 49.4 Å². The summed E-state index contributed by atoms with van der Waals surface area (Å²) in [5.41, 5.74) is 1.25. The lowest BCUT2D eigenvalue weighted by Gasteiger charge is -2.33. The molecule has 0 aromatic heterocycles. The van der Waals surface area contributed by atoms with E-state index >= 15 is 0 Å². The second kappa shape index (κ2) is 6.90. The Morgan fingerprint density at radius 1 is 1.36 bits per heavy atom. The lowest BCUT2D eigenvalue weighted by molar-refractivity contribution is 0.174. The quantitative estimate of drug-likeness (QED) is 0.687. The van der Waals surface area contributed by atoms with Gasteiger partial charge in [0.1, 0.15) is 0 Å². The lowest BCUT2D eigenvalue weighted by atomic mass is 10.0. The number of rotatable bonds is 3. The number of ether oxygens (including phenoxy) is 2. The zero-order chi connectivity index (χ0) is 15.4. The normalized spacial score (nSPS) is 21.1. The molecule has 1 fully saturated rings. The Bertz CT molecular complexity index is 545. The molecule has 1 saturated heterocycles. The van der Waals surface area contributed by atoms with E-state index in [2.05, 4.69) is 34.3 Å². The number of hydrogen-bond acceptors (Lipinski definition) is 3. The van der Waals surface area contributed by atoms with Crippen LogP contribution < -0.4 is 14.8 Å². The number of aliphatic imine (C=N–C) groups is 1. The van der Waals surface area contributed by atoms with Crippen LogP contribution in [0, 0.1) is 5.92 Å². The van der Waals surface area contributed by atoms with Crippen molar-refractivity contribution in [2.45, 2.75) is 26.2 Å². The minimum Gasteiger partial charge on any atom is -0.454 e. The maximum Gasteiger partial charge on any atom is 0.231 e. The van der Waals surface area contributed by atoms with Crippen LogP contribution in [-0.4, -0.2) is 44.3 Å². The standard InChI is InChI=1S/C17H25N3O2/c1-13-4-3-9-20(11-13)17(18-2)19-8-7-14-5-6-15-16(10-14)22-12-21-15/h5-6,10,13H,3-4,7-9,11-12H2,1-2H3,(H,18,19). The summed E-state index contributed by atoms with van der Waals surface area (Å²) in [4.78, 5) is 6.79. The van der Waals surface area contributed by atoms with E-state index in [-0.39, 0.29) is 0 Å². The van der Waals surface area contributed by atoms with Gasteiger partial charge in [-0.2, -0.15) is 0 Å². The van der Waals surface area contributed by atoms with Gasteiger partial charge < -0.3 is 19.7 Å². The summed E-state index contributed by atoms with van der Waals surface area (Å²) >= 11 is 0. The van der Waals surface area contributed by atoms with Crippen molar-refractivity contribution in [2.75, 3.05) is 33.5 Å². The Balaban J connectivity index is 1.51. The Morgan fingerprint density at radius 2 is 2.23 bits per heavy atom. The van der Waals surface area contributed by atoms with E-state index < -0.39 is 0 Å². The highest BCUT2D eigenvalue weighted by Crippen LogP contribution is 2.32. The zero-order valence-electron chi connectivity index (χ0n) is 13.5. The van der Waals surface area contributed by atoms with E-state index in [4.69, 9.17) is 9.47 Å². The van der Waals surface area contributed by atoms with Crippen LogP contribution in [0.4, 0.5) is 0 Å². The molecule has 2 aliphatic heterocycles. The summed E-state index contributed by atoms with van der Waals surface area (Å²) in [6.07, 6.45) is 3.52. The van der Waals surface area contributed by atoms with Gasteiger partial charge in [0.15, 0.2) is 17.5 Å². The molecule has 5 heteroatoms. The molecule has 120 valence electrons. The van der Waals surface area contributed by atoms with Crippen molar-refractivity contribution in [2.24, 2.45) is 10.9 Å². The van der Waals surface area contributed by atoms with E-state index in [0.29, 0.717) is 6.79 Å². The van der Waals surface area contributed by atoms with Gasteiger partial charge in [0.05, 0.1) is 0 Å². The highest BCUT2D eigenvalue weighted by molar-refractivity contribution is 5.80. The molecular formula is C17H25N3O2. The SMILES string of the molecule is CN=C(NCCc1ccc2c(c1)OCO2)N1CCCC(C)C1. The first-order valence-electron chi connectivity index (χ1n) is 8.10. The van der Waals surface area contributed by atoms with Gasteiger partial charge in [0.25, 0.3) is 0 Å². The molecule has 5 nitrogen and oxygen atoms in total. The third-order valence-electron chi connectivity index (χ3n) is 4.30. The van der Waals surface area contributed by atoms with Crippen LogP contribution in [0.25, 0.3) is 0 Å². The lowest BCUT2D eigenvalue weighted by Crippen LogP contribution is -2.46. The van der Waals surface area contributed by atoms with E-state index in [1.54, 1.807) is 0 Å². The molecule has 1 N–H and O–H groups in total. The van der Waals surface area contributed by atoms with Crippen LogP contribution in [0.15, 0.2) is 23.2 Å². The molecule has 2 heterocycles. The van der Waals surface area contributed by atoms with Gasteiger partial charge in [0.2, 0.25) is 6.79 Å². The van der Waals surface area contributed by atoms with Gasteiger partial charge in [-0.15, -0.1) is 0 Å². The smallest absolute Gasteiger partial charge is 0.231 e. The van der Waals surface area contributed by atoms with Crippen molar-refractivity contribution < 1.29 is 9.47 Å². The first kappa shape index (κ1) is 15.0. The topological polar surface area (TPSA) is 46.1 Å². The number of likely N-dealkylation sites (tertiary alicyclic amines) is 1. The average molecular weight is 303 g/mol. The maximum absolute atomic E-state index is 5.42. The predicted molar refractivity (Wildman–Crippen MR) is 87.6 cm³/mol. The Kier molecular flexibility index (Phi) is 4.71. The minimum atomic E-state index is 0.330. The summed E-state index contributed by atoms with van der Waals surface area (Å²) < 4.78 is 10.8. The predicted octanol–water partition coefficient (Wildman–Crippen LogP) is 2.27. The fourth-order valence-corrected chi connectivity index (χ4v) is 3.13. The molecule has 1 unspecified atom stereocenters. The highest BCUT2D eigenvalue weighted by Gasteiger charge is 2.19. The second-order valence-electron chi connectivity index (χ2n) is 6.11. The van der Waals surface area contributed by atoms with Crippen LogP contribution in [0.3, 0.4) is 0 Å². The van der Waals surface area contributed by atoms with Crippen molar-refractivity contribution in [3.05, 3.63) is 23.8 Å². The summed E-state index contributed by atoms with van der Waals surface area (Å²) in [6, 6.07) is 6.15. The third-order valence-corrected chi connectivity index (χ3v) is 4.30. The largest absolute Gasteiger partial charge is 0.454 e. The second-order valence-corrected chi connectivity index (χ2v) is 6.11. The van der Waals surface area contributed by atoms with Crippen molar-refractivity contribution in [1.29, 1.82) is 0 Å². The number of nitrogens with zero attached hydrogens (tertiary/aromatic N) is 2. The first-order chi connectivity index (χ1) is 10.8. The number of hydrogen-bond donors (Lipinski definition) is 1. The highest BCUT2D eigenvalue weighted by atomic mass is 16.7. The van der Waals surface area contributed by atoms with E-state index in [1.807, 2.05) is 13.1 Å². The summed E-state index contributed by atoms with van der Waals surface area (Å²) in [5.74, 6) is 3.47. The molecule has 2 aliphatic rings. The summed E-state index contributed by atoms with van der Waals surface area (Å²) in [7, 11) is 1.86. The minimum absolute atomic E-state index is 0.330. The molecule has 0 aliphatic carbocycles. The van der Waals surface area contributed by atoms with Crippen molar-refractivity contribution in [3.8, 4) is 11.5 Å². The molecule has 1 atom stereocenters. The number of nitrogens with one attached hydrogen (secondary N) is 1. The van der Waals surface area contributed by atoms with Crippen LogP contribution >= 0.6 is 0 Å². The Hall–Kier alpha value is -1.91. The summed E-state index contributed by atoms with van der Waals surface area (Å²) in [5, 5.41) is 3.48. The van der Waals surface area contributed by atoms with E-state index in [1.165, 1.54) is 18.4 Å². The average Bonchev–Trinajstić information content (AvgIpc) is 2.99. The molecule has 0 amide bonds. The van der Waals surface area contributed by atoms with E-state index in [9.17, 15) is 0 Å². The van der Waals surface area contributed by atoms with Crippen molar-refractivity contribution >= 4 is 5.96 Å². The van der Waals surface area contributed by atoms with Crippen LogP contribution in [-0.2, 0) is 6.42 Å². The van der Waals surface area contributed by atoms with Crippen LogP contribution in [0.2, 0.25) is 0 Å². The zero-order valence-corrected chi connectivity index (χ0v) is 13.5. The van der Waals surface area contributed by atoms with Gasteiger partial charge in [-0.1, -0.05) is 13.0 Å². The molecule has 3 rings (SSSR count). The number of benzene rings is 1.